The monoisotopic (exact) mass is 604 g/mol. The number of benzene rings is 3. The summed E-state index contributed by atoms with van der Waals surface area (Å²) < 4.78 is 11.2. The van der Waals surface area contributed by atoms with Gasteiger partial charge in [-0.1, -0.05) is 72.6 Å². The molecule has 0 aliphatic carbocycles. The first-order valence-electron chi connectivity index (χ1n) is 13.4. The van der Waals surface area contributed by atoms with Crippen molar-refractivity contribution < 1.29 is 19.1 Å². The Labute approximate surface area is 251 Å². The Bertz CT molecular complexity index is 1230. The normalized spacial score (nSPS) is 10.7. The number of rotatable bonds is 15. The molecule has 6 nitrogen and oxygen atoms in total. The molecule has 3 rings (SSSR count). The van der Waals surface area contributed by atoms with Crippen LogP contribution in [-0.4, -0.2) is 39.1 Å². The predicted molar refractivity (Wildman–Crippen MR) is 164 cm³/mol. The van der Waals surface area contributed by atoms with E-state index >= 15 is 0 Å². The van der Waals surface area contributed by atoms with Gasteiger partial charge in [0.15, 0.2) is 0 Å². The van der Waals surface area contributed by atoms with Crippen molar-refractivity contribution in [1.29, 1.82) is 0 Å². The first-order valence-corrected chi connectivity index (χ1v) is 14.5. The zero-order valence-electron chi connectivity index (χ0n) is 22.9. The van der Waals surface area contributed by atoms with Crippen molar-refractivity contribution in [2.45, 2.75) is 44.9 Å². The van der Waals surface area contributed by atoms with Gasteiger partial charge in [-0.05, 0) is 66.9 Å². The van der Waals surface area contributed by atoms with E-state index in [9.17, 15) is 9.59 Å². The molecule has 0 radical (unpaired) electrons. The Kier molecular flexibility index (Phi) is 12.9. The summed E-state index contributed by atoms with van der Waals surface area (Å²) in [5, 5.41) is 3.62. The van der Waals surface area contributed by atoms with Crippen molar-refractivity contribution >= 4 is 52.4 Å². The summed E-state index contributed by atoms with van der Waals surface area (Å²) in [6, 6.07) is 17.8. The van der Waals surface area contributed by atoms with Gasteiger partial charge in [0.2, 0.25) is 5.91 Å². The van der Waals surface area contributed by atoms with Crippen LogP contribution in [0, 0.1) is 0 Å². The molecule has 0 aromatic heterocycles. The van der Waals surface area contributed by atoms with E-state index in [4.69, 9.17) is 44.3 Å². The van der Waals surface area contributed by atoms with Crippen molar-refractivity contribution in [2.24, 2.45) is 0 Å². The molecule has 1 amide bonds. The fourth-order valence-corrected chi connectivity index (χ4v) is 4.98. The van der Waals surface area contributed by atoms with Crippen LogP contribution in [0.25, 0.3) is 0 Å². The fraction of sp³-hybridized carbons (Fsp3) is 0.355. The summed E-state index contributed by atoms with van der Waals surface area (Å²) in [7, 11) is 4.00. The Morgan fingerprint density at radius 2 is 1.35 bits per heavy atom. The van der Waals surface area contributed by atoms with Crippen molar-refractivity contribution in [2.75, 3.05) is 32.1 Å². The van der Waals surface area contributed by atoms with Crippen molar-refractivity contribution in [3.05, 3.63) is 86.9 Å². The molecule has 0 aliphatic heterocycles. The summed E-state index contributed by atoms with van der Waals surface area (Å²) in [5.74, 6) is 0.464. The Morgan fingerprint density at radius 3 is 1.98 bits per heavy atom. The first-order chi connectivity index (χ1) is 19.2. The number of carbonyl (C=O) groups excluding carboxylic acids is 2. The lowest BCUT2D eigenvalue weighted by atomic mass is 10.1. The highest BCUT2D eigenvalue weighted by atomic mass is 35.5. The summed E-state index contributed by atoms with van der Waals surface area (Å²) in [6.45, 7) is 1.32. The van der Waals surface area contributed by atoms with Crippen LogP contribution >= 0.6 is 34.8 Å². The molecule has 0 unspecified atom stereocenters. The fourth-order valence-electron chi connectivity index (χ4n) is 4.01. The number of carbonyl (C=O) groups is 2. The zero-order chi connectivity index (χ0) is 28.9. The second-order valence-corrected chi connectivity index (χ2v) is 10.9. The maximum Gasteiger partial charge on any atom is 0.346 e. The Balaban J connectivity index is 1.22. The van der Waals surface area contributed by atoms with Gasteiger partial charge in [0.1, 0.15) is 11.5 Å². The number of esters is 1. The third-order valence-electron chi connectivity index (χ3n) is 6.22. The van der Waals surface area contributed by atoms with Gasteiger partial charge in [0.25, 0.3) is 0 Å². The van der Waals surface area contributed by atoms with E-state index in [1.807, 2.05) is 43.3 Å². The maximum atomic E-state index is 12.4. The minimum absolute atomic E-state index is 0.0660. The lowest BCUT2D eigenvalue weighted by Crippen LogP contribution is -2.26. The number of hydrogen-bond acceptors (Lipinski definition) is 5. The lowest BCUT2D eigenvalue weighted by Gasteiger charge is -2.12. The molecule has 0 bridgehead atoms. The summed E-state index contributed by atoms with van der Waals surface area (Å²) in [5.41, 5.74) is 2.22. The van der Waals surface area contributed by atoms with E-state index in [0.717, 1.165) is 49.8 Å². The molecule has 0 spiro atoms. The van der Waals surface area contributed by atoms with Crippen LogP contribution in [0.4, 0.5) is 5.69 Å². The minimum atomic E-state index is -0.659. The van der Waals surface area contributed by atoms with Gasteiger partial charge < -0.3 is 19.7 Å². The third kappa shape index (κ3) is 10.6. The van der Waals surface area contributed by atoms with Gasteiger partial charge >= 0.3 is 5.97 Å². The van der Waals surface area contributed by atoms with Crippen LogP contribution in [0.1, 0.15) is 54.4 Å². The highest BCUT2D eigenvalue weighted by Crippen LogP contribution is 2.30. The van der Waals surface area contributed by atoms with Crippen molar-refractivity contribution in [3.63, 3.8) is 0 Å². The molecular formula is C31H35Cl3N2O4. The van der Waals surface area contributed by atoms with Crippen LogP contribution in [0.3, 0.4) is 0 Å². The van der Waals surface area contributed by atoms with Crippen LogP contribution in [0.15, 0.2) is 60.7 Å². The summed E-state index contributed by atoms with van der Waals surface area (Å²) in [4.78, 5) is 26.6. The smallest absolute Gasteiger partial charge is 0.346 e. The molecule has 3 aromatic carbocycles. The van der Waals surface area contributed by atoms with Gasteiger partial charge in [-0.3, -0.25) is 4.79 Å². The van der Waals surface area contributed by atoms with Gasteiger partial charge in [-0.2, -0.15) is 0 Å². The van der Waals surface area contributed by atoms with Crippen LogP contribution < -0.4 is 19.7 Å². The Morgan fingerprint density at radius 1 is 0.775 bits per heavy atom. The molecule has 0 fully saturated rings. The molecule has 0 atom stereocenters. The molecule has 1 N–H and O–H groups in total. The summed E-state index contributed by atoms with van der Waals surface area (Å²) >= 11 is 18.1. The number of anilines is 1. The van der Waals surface area contributed by atoms with E-state index < -0.39 is 5.97 Å². The SMILES string of the molecule is CN(C)c1ccc(CC(=O)NCCCCCCCCOc2ccc(OC(=O)c3c(Cl)cc(Cl)cc3Cl)cc2)cc1. The van der Waals surface area contributed by atoms with E-state index in [1.54, 1.807) is 24.3 Å². The number of amides is 1. The van der Waals surface area contributed by atoms with Crippen LogP contribution in [-0.2, 0) is 11.2 Å². The van der Waals surface area contributed by atoms with Crippen LogP contribution in [0.2, 0.25) is 15.1 Å². The lowest BCUT2D eigenvalue weighted by molar-refractivity contribution is -0.120. The number of hydrogen-bond donors (Lipinski definition) is 1. The number of halogens is 3. The van der Waals surface area contributed by atoms with E-state index in [1.165, 1.54) is 12.1 Å². The second kappa shape index (κ2) is 16.4. The largest absolute Gasteiger partial charge is 0.494 e. The van der Waals surface area contributed by atoms with Crippen LogP contribution in [0.5, 0.6) is 11.5 Å². The molecule has 0 saturated carbocycles. The van der Waals surface area contributed by atoms with Crippen molar-refractivity contribution in [3.8, 4) is 11.5 Å². The van der Waals surface area contributed by atoms with E-state index in [-0.39, 0.29) is 21.5 Å². The van der Waals surface area contributed by atoms with E-state index in [2.05, 4.69) is 5.32 Å². The number of ether oxygens (including phenoxy) is 2. The molecular weight excluding hydrogens is 571 g/mol. The Hall–Kier alpha value is -2.93. The second-order valence-electron chi connectivity index (χ2n) is 9.66. The molecule has 40 heavy (non-hydrogen) atoms. The van der Waals surface area contributed by atoms with Crippen molar-refractivity contribution in [1.82, 2.24) is 5.32 Å². The molecule has 3 aromatic rings. The molecule has 9 heteroatoms. The van der Waals surface area contributed by atoms with Gasteiger partial charge in [0, 0.05) is 31.4 Å². The predicted octanol–water partition coefficient (Wildman–Crippen LogP) is 8.01. The van der Waals surface area contributed by atoms with Gasteiger partial charge in [0.05, 0.1) is 28.6 Å². The average Bonchev–Trinajstić information content (AvgIpc) is 2.90. The number of nitrogens with one attached hydrogen (secondary N) is 1. The van der Waals surface area contributed by atoms with E-state index in [0.29, 0.717) is 36.1 Å². The molecule has 0 heterocycles. The van der Waals surface area contributed by atoms with Gasteiger partial charge in [-0.15, -0.1) is 0 Å². The highest BCUT2D eigenvalue weighted by molar-refractivity contribution is 6.41. The molecule has 0 aliphatic rings. The number of unbranched alkanes of at least 4 members (excludes halogenated alkanes) is 5. The standard InChI is InChI=1S/C31H35Cl3N2O4/c1-36(2)24-11-9-22(10-12-24)19-29(37)35-17-7-5-3-4-6-8-18-39-25-13-15-26(16-14-25)40-31(38)30-27(33)20-23(32)21-28(30)34/h9-16,20-21H,3-8,17-19H2,1-2H3,(H,35,37). The summed E-state index contributed by atoms with van der Waals surface area (Å²) in [6.07, 6.45) is 6.76. The number of nitrogens with zero attached hydrogens (tertiary/aromatic N) is 1. The topological polar surface area (TPSA) is 67.9 Å². The zero-order valence-corrected chi connectivity index (χ0v) is 25.1. The quantitative estimate of drug-likeness (QED) is 0.108. The highest BCUT2D eigenvalue weighted by Gasteiger charge is 2.18. The molecule has 214 valence electrons. The maximum absolute atomic E-state index is 12.4. The molecule has 0 saturated heterocycles. The first kappa shape index (κ1) is 31.6. The van der Waals surface area contributed by atoms with Gasteiger partial charge in [-0.25, -0.2) is 4.79 Å². The minimum Gasteiger partial charge on any atom is -0.494 e. The third-order valence-corrected chi connectivity index (χ3v) is 7.04. The average molecular weight is 606 g/mol.